The highest BCUT2D eigenvalue weighted by molar-refractivity contribution is 7.80. The first kappa shape index (κ1) is 19.4. The molecule has 0 unspecified atom stereocenters. The van der Waals surface area contributed by atoms with Crippen molar-refractivity contribution < 1.29 is 23.8 Å². The maximum atomic E-state index is 13.1. The molecule has 1 fully saturated rings. The molecule has 1 N–H and O–H groups in total. The van der Waals surface area contributed by atoms with Crippen LogP contribution in [-0.2, 0) is 9.59 Å². The van der Waals surface area contributed by atoms with Gasteiger partial charge in [-0.3, -0.25) is 19.8 Å². The molecule has 0 aromatic heterocycles. The Labute approximate surface area is 167 Å². The van der Waals surface area contributed by atoms with E-state index in [4.69, 9.17) is 26.4 Å². The van der Waals surface area contributed by atoms with E-state index in [2.05, 4.69) is 5.32 Å². The summed E-state index contributed by atoms with van der Waals surface area (Å²) in [5.74, 6) is 0.505. The first-order valence-electron chi connectivity index (χ1n) is 8.26. The van der Waals surface area contributed by atoms with Crippen molar-refractivity contribution in [2.75, 3.05) is 26.2 Å². The Kier molecular flexibility index (Phi) is 5.60. The lowest BCUT2D eigenvalue weighted by atomic mass is 10.1. The van der Waals surface area contributed by atoms with Crippen LogP contribution in [0, 0.1) is 0 Å². The number of benzene rings is 2. The van der Waals surface area contributed by atoms with Crippen LogP contribution in [0.3, 0.4) is 0 Å². The average molecular weight is 398 g/mol. The van der Waals surface area contributed by atoms with Gasteiger partial charge in [-0.2, -0.15) is 0 Å². The van der Waals surface area contributed by atoms with Crippen LogP contribution in [0.15, 0.2) is 48.0 Å². The predicted octanol–water partition coefficient (Wildman–Crippen LogP) is 2.54. The van der Waals surface area contributed by atoms with E-state index < -0.39 is 11.8 Å². The van der Waals surface area contributed by atoms with Crippen molar-refractivity contribution in [3.63, 3.8) is 0 Å². The van der Waals surface area contributed by atoms with Crippen molar-refractivity contribution in [1.82, 2.24) is 5.32 Å². The Morgan fingerprint density at radius 3 is 2.36 bits per heavy atom. The molecule has 144 valence electrons. The van der Waals surface area contributed by atoms with Gasteiger partial charge in [-0.15, -0.1) is 0 Å². The molecule has 0 atom stereocenters. The SMILES string of the molecule is COc1cccc(N2C(=O)C(=Cc3ccc(OC)cc3OC)C(=O)NC2=S)c1. The molecule has 2 aromatic carbocycles. The number of hydrogen-bond acceptors (Lipinski definition) is 6. The van der Waals surface area contributed by atoms with E-state index in [1.807, 2.05) is 0 Å². The van der Waals surface area contributed by atoms with Crippen molar-refractivity contribution in [2.24, 2.45) is 0 Å². The summed E-state index contributed by atoms with van der Waals surface area (Å²) in [5.41, 5.74) is 0.974. The minimum Gasteiger partial charge on any atom is -0.497 e. The van der Waals surface area contributed by atoms with E-state index >= 15 is 0 Å². The van der Waals surface area contributed by atoms with E-state index in [0.29, 0.717) is 28.5 Å². The van der Waals surface area contributed by atoms with Crippen LogP contribution >= 0.6 is 12.2 Å². The molecule has 2 aromatic rings. The lowest BCUT2D eigenvalue weighted by Crippen LogP contribution is -2.54. The largest absolute Gasteiger partial charge is 0.497 e. The molecule has 1 heterocycles. The average Bonchev–Trinajstić information content (AvgIpc) is 2.71. The first-order chi connectivity index (χ1) is 13.5. The van der Waals surface area contributed by atoms with Crippen LogP contribution in [0.4, 0.5) is 5.69 Å². The molecule has 1 saturated heterocycles. The minimum absolute atomic E-state index is 0.00194. The number of ether oxygens (including phenoxy) is 3. The minimum atomic E-state index is -0.577. The third-order valence-electron chi connectivity index (χ3n) is 4.15. The summed E-state index contributed by atoms with van der Waals surface area (Å²) in [4.78, 5) is 26.8. The molecular weight excluding hydrogens is 380 g/mol. The Balaban J connectivity index is 2.04. The van der Waals surface area contributed by atoms with Gasteiger partial charge in [0.15, 0.2) is 5.11 Å². The second kappa shape index (κ2) is 8.10. The number of anilines is 1. The highest BCUT2D eigenvalue weighted by Crippen LogP contribution is 2.29. The van der Waals surface area contributed by atoms with Crippen LogP contribution in [0.5, 0.6) is 17.2 Å². The van der Waals surface area contributed by atoms with Gasteiger partial charge in [0.2, 0.25) is 0 Å². The summed E-state index contributed by atoms with van der Waals surface area (Å²) in [6.07, 6.45) is 1.46. The maximum absolute atomic E-state index is 13.1. The molecule has 7 nitrogen and oxygen atoms in total. The van der Waals surface area contributed by atoms with Gasteiger partial charge in [-0.25, -0.2) is 0 Å². The van der Waals surface area contributed by atoms with E-state index in [9.17, 15) is 9.59 Å². The number of hydrogen-bond donors (Lipinski definition) is 1. The quantitative estimate of drug-likeness (QED) is 0.474. The molecule has 0 bridgehead atoms. The Morgan fingerprint density at radius 1 is 0.964 bits per heavy atom. The molecular formula is C20H18N2O5S. The fourth-order valence-corrected chi connectivity index (χ4v) is 3.02. The molecule has 2 amide bonds. The van der Waals surface area contributed by atoms with Crippen LogP contribution < -0.4 is 24.4 Å². The molecule has 0 aliphatic carbocycles. The van der Waals surface area contributed by atoms with E-state index in [-0.39, 0.29) is 10.7 Å². The zero-order valence-electron chi connectivity index (χ0n) is 15.5. The third kappa shape index (κ3) is 3.67. The molecule has 8 heteroatoms. The second-order valence-electron chi connectivity index (χ2n) is 5.77. The number of nitrogens with one attached hydrogen (secondary N) is 1. The van der Waals surface area contributed by atoms with Crippen molar-refractivity contribution in [2.45, 2.75) is 0 Å². The van der Waals surface area contributed by atoms with Gasteiger partial charge < -0.3 is 14.2 Å². The van der Waals surface area contributed by atoms with Crippen LogP contribution in [0.2, 0.25) is 0 Å². The van der Waals surface area contributed by atoms with Crippen molar-refractivity contribution in [3.8, 4) is 17.2 Å². The van der Waals surface area contributed by atoms with Gasteiger partial charge in [-0.05, 0) is 42.6 Å². The number of nitrogens with zero attached hydrogens (tertiary/aromatic N) is 1. The van der Waals surface area contributed by atoms with E-state index in [1.165, 1.54) is 32.3 Å². The fraction of sp³-hybridized carbons (Fsp3) is 0.150. The number of carbonyl (C=O) groups is 2. The Bertz CT molecular complexity index is 986. The van der Waals surface area contributed by atoms with Gasteiger partial charge in [0.1, 0.15) is 22.8 Å². The predicted molar refractivity (Wildman–Crippen MR) is 109 cm³/mol. The number of rotatable bonds is 5. The Hall–Kier alpha value is -3.39. The molecule has 3 rings (SSSR count). The van der Waals surface area contributed by atoms with Gasteiger partial charge in [0.05, 0.1) is 27.0 Å². The monoisotopic (exact) mass is 398 g/mol. The molecule has 1 aliphatic heterocycles. The third-order valence-corrected chi connectivity index (χ3v) is 4.44. The van der Waals surface area contributed by atoms with Gasteiger partial charge in [-0.1, -0.05) is 6.07 Å². The van der Waals surface area contributed by atoms with Gasteiger partial charge >= 0.3 is 0 Å². The fourth-order valence-electron chi connectivity index (χ4n) is 2.73. The summed E-state index contributed by atoms with van der Waals surface area (Å²) in [7, 11) is 4.56. The summed E-state index contributed by atoms with van der Waals surface area (Å²) in [6, 6.07) is 11.9. The first-order valence-corrected chi connectivity index (χ1v) is 8.67. The second-order valence-corrected chi connectivity index (χ2v) is 6.15. The van der Waals surface area contributed by atoms with E-state index in [0.717, 1.165) is 0 Å². The topological polar surface area (TPSA) is 77.1 Å². The summed E-state index contributed by atoms with van der Waals surface area (Å²) >= 11 is 5.21. The lowest BCUT2D eigenvalue weighted by molar-refractivity contribution is -0.122. The molecule has 0 saturated carbocycles. The molecule has 0 radical (unpaired) electrons. The number of thiocarbonyl (C=S) groups is 1. The van der Waals surface area contributed by atoms with Gasteiger partial charge in [0, 0.05) is 17.7 Å². The van der Waals surface area contributed by atoms with Crippen molar-refractivity contribution in [3.05, 3.63) is 53.6 Å². The summed E-state index contributed by atoms with van der Waals surface area (Å²) < 4.78 is 15.7. The standard InChI is InChI=1S/C20H18N2O5S/c1-25-14-6-4-5-13(10-14)22-19(24)16(18(23)21-20(22)28)9-12-7-8-15(26-2)11-17(12)27-3/h4-11H,1-3H3,(H,21,23,28). The van der Waals surface area contributed by atoms with Crippen molar-refractivity contribution in [1.29, 1.82) is 0 Å². The number of methoxy groups -OCH3 is 3. The van der Waals surface area contributed by atoms with Crippen LogP contribution in [-0.4, -0.2) is 38.3 Å². The summed E-state index contributed by atoms with van der Waals surface area (Å²) in [6.45, 7) is 0. The number of carbonyl (C=O) groups excluding carboxylic acids is 2. The molecule has 1 aliphatic rings. The normalized spacial score (nSPS) is 15.5. The van der Waals surface area contributed by atoms with Crippen LogP contribution in [0.1, 0.15) is 5.56 Å². The van der Waals surface area contributed by atoms with Crippen molar-refractivity contribution >= 4 is 40.9 Å². The molecule has 0 spiro atoms. The maximum Gasteiger partial charge on any atom is 0.270 e. The molecule has 28 heavy (non-hydrogen) atoms. The zero-order chi connectivity index (χ0) is 20.3. The smallest absolute Gasteiger partial charge is 0.270 e. The Morgan fingerprint density at radius 2 is 1.68 bits per heavy atom. The lowest BCUT2D eigenvalue weighted by Gasteiger charge is -2.29. The summed E-state index contributed by atoms with van der Waals surface area (Å²) in [5, 5.41) is 2.55. The van der Waals surface area contributed by atoms with E-state index in [1.54, 1.807) is 42.5 Å². The zero-order valence-corrected chi connectivity index (χ0v) is 16.3. The number of amides is 2. The highest BCUT2D eigenvalue weighted by Gasteiger charge is 2.34. The highest BCUT2D eigenvalue weighted by atomic mass is 32.1. The van der Waals surface area contributed by atoms with Gasteiger partial charge in [0.25, 0.3) is 11.8 Å². The van der Waals surface area contributed by atoms with Crippen LogP contribution in [0.25, 0.3) is 6.08 Å².